The summed E-state index contributed by atoms with van der Waals surface area (Å²) in [6, 6.07) is 0. The third-order valence-electron chi connectivity index (χ3n) is 1.06. The number of halogens is 1. The van der Waals surface area contributed by atoms with Gasteiger partial charge in [0.15, 0.2) is 5.82 Å². The molecule has 1 rings (SSSR count). The molecule has 6 heteroatoms. The number of carbonyl (C=O) groups is 1. The number of carbonyl (C=O) groups excluding carboxylic acids is 1. The van der Waals surface area contributed by atoms with E-state index in [0.717, 1.165) is 0 Å². The van der Waals surface area contributed by atoms with Crippen molar-refractivity contribution in [2.24, 2.45) is 5.73 Å². The lowest BCUT2D eigenvalue weighted by Crippen LogP contribution is -2.18. The summed E-state index contributed by atoms with van der Waals surface area (Å²) >= 11 is 5.55. The molecule has 0 unspecified atom stereocenters. The number of rotatable bonds is 2. The van der Waals surface area contributed by atoms with Gasteiger partial charge in [-0.05, 0) is 0 Å². The number of nitrogen functional groups attached to an aromatic ring is 1. The summed E-state index contributed by atoms with van der Waals surface area (Å²) < 4.78 is 1.29. The van der Waals surface area contributed by atoms with Crippen LogP contribution in [0.5, 0.6) is 0 Å². The lowest BCUT2D eigenvalue weighted by atomic mass is 10.6. The van der Waals surface area contributed by atoms with Crippen molar-refractivity contribution in [1.82, 2.24) is 9.78 Å². The van der Waals surface area contributed by atoms with Gasteiger partial charge >= 0.3 is 0 Å². The zero-order valence-corrected chi connectivity index (χ0v) is 6.38. The van der Waals surface area contributed by atoms with Crippen molar-refractivity contribution < 1.29 is 4.79 Å². The van der Waals surface area contributed by atoms with E-state index in [2.05, 4.69) is 5.10 Å². The van der Waals surface area contributed by atoms with Crippen molar-refractivity contribution in [3.8, 4) is 0 Å². The van der Waals surface area contributed by atoms with Crippen LogP contribution in [-0.2, 0) is 11.3 Å². The third kappa shape index (κ3) is 1.84. The standard InChI is InChI=1S/C5H7ClN4O/c6-3-1-10(2-4(7)11)9-5(3)8/h1H,2H2,(H2,7,11)(H2,8,9). The minimum absolute atomic E-state index is 0.00306. The fourth-order valence-electron chi connectivity index (χ4n) is 0.653. The van der Waals surface area contributed by atoms with Gasteiger partial charge in [0.2, 0.25) is 5.91 Å². The molecule has 0 aliphatic carbocycles. The fraction of sp³-hybridized carbons (Fsp3) is 0.200. The van der Waals surface area contributed by atoms with Crippen LogP contribution in [0, 0.1) is 0 Å². The van der Waals surface area contributed by atoms with Crippen molar-refractivity contribution in [1.29, 1.82) is 0 Å². The Bertz CT molecular complexity index is 263. The molecule has 0 bridgehead atoms. The Morgan fingerprint density at radius 2 is 2.45 bits per heavy atom. The monoisotopic (exact) mass is 174 g/mol. The summed E-state index contributed by atoms with van der Waals surface area (Å²) in [5.74, 6) is -0.280. The Hall–Kier alpha value is -1.23. The Morgan fingerprint density at radius 1 is 1.82 bits per heavy atom. The highest BCUT2D eigenvalue weighted by molar-refractivity contribution is 6.32. The molecular formula is C5H7ClN4O. The van der Waals surface area contributed by atoms with Gasteiger partial charge in [0.1, 0.15) is 11.6 Å². The van der Waals surface area contributed by atoms with E-state index < -0.39 is 5.91 Å². The summed E-state index contributed by atoms with van der Waals surface area (Å²) in [4.78, 5) is 10.4. The van der Waals surface area contributed by atoms with E-state index in [9.17, 15) is 4.79 Å². The first-order valence-corrected chi connectivity index (χ1v) is 3.24. The van der Waals surface area contributed by atoms with Gasteiger partial charge in [-0.3, -0.25) is 9.48 Å². The molecule has 1 aromatic heterocycles. The highest BCUT2D eigenvalue weighted by Gasteiger charge is 2.03. The van der Waals surface area contributed by atoms with Gasteiger partial charge in [-0.2, -0.15) is 5.10 Å². The second-order valence-corrected chi connectivity index (χ2v) is 2.43. The smallest absolute Gasteiger partial charge is 0.239 e. The van der Waals surface area contributed by atoms with Gasteiger partial charge in [0.25, 0.3) is 0 Å². The zero-order chi connectivity index (χ0) is 8.43. The molecule has 0 saturated heterocycles. The fourth-order valence-corrected chi connectivity index (χ4v) is 0.803. The first kappa shape index (κ1) is 7.87. The van der Waals surface area contributed by atoms with Gasteiger partial charge in [0.05, 0.1) is 0 Å². The molecule has 0 fully saturated rings. The molecule has 0 aromatic carbocycles. The lowest BCUT2D eigenvalue weighted by Gasteiger charge is -1.93. The van der Waals surface area contributed by atoms with E-state index in [0.29, 0.717) is 5.02 Å². The van der Waals surface area contributed by atoms with Crippen LogP contribution in [0.25, 0.3) is 0 Å². The maximum atomic E-state index is 10.4. The minimum atomic E-state index is -0.482. The molecule has 0 aliphatic rings. The van der Waals surface area contributed by atoms with Gasteiger partial charge < -0.3 is 11.5 Å². The lowest BCUT2D eigenvalue weighted by molar-refractivity contribution is -0.118. The van der Waals surface area contributed by atoms with Crippen molar-refractivity contribution >= 4 is 23.3 Å². The van der Waals surface area contributed by atoms with Crippen LogP contribution in [0.15, 0.2) is 6.20 Å². The number of primary amides is 1. The van der Waals surface area contributed by atoms with Crippen LogP contribution in [0.2, 0.25) is 5.02 Å². The molecule has 1 amide bonds. The molecule has 11 heavy (non-hydrogen) atoms. The summed E-state index contributed by atoms with van der Waals surface area (Å²) in [6.07, 6.45) is 1.45. The number of amides is 1. The minimum Gasteiger partial charge on any atom is -0.381 e. The van der Waals surface area contributed by atoms with Gasteiger partial charge in [-0.25, -0.2) is 0 Å². The molecule has 0 spiro atoms. The molecule has 4 N–H and O–H groups in total. The predicted octanol–water partition coefficient (Wildman–Crippen LogP) is -0.396. The number of hydrogen-bond donors (Lipinski definition) is 2. The number of hydrogen-bond acceptors (Lipinski definition) is 3. The molecule has 60 valence electrons. The average Bonchev–Trinajstić information content (AvgIpc) is 2.10. The second kappa shape index (κ2) is 2.79. The molecular weight excluding hydrogens is 168 g/mol. The van der Waals surface area contributed by atoms with Crippen LogP contribution in [0.1, 0.15) is 0 Å². The van der Waals surface area contributed by atoms with Gasteiger partial charge in [-0.1, -0.05) is 11.6 Å². The van der Waals surface area contributed by atoms with Crippen LogP contribution in [0.3, 0.4) is 0 Å². The van der Waals surface area contributed by atoms with E-state index in [1.54, 1.807) is 0 Å². The summed E-state index contributed by atoms with van der Waals surface area (Å²) in [5, 5.41) is 4.04. The molecule has 5 nitrogen and oxygen atoms in total. The largest absolute Gasteiger partial charge is 0.381 e. The van der Waals surface area contributed by atoms with Crippen molar-refractivity contribution in [3.05, 3.63) is 11.2 Å². The SMILES string of the molecule is NC(=O)Cn1cc(Cl)c(N)n1. The van der Waals surface area contributed by atoms with E-state index in [1.165, 1.54) is 10.9 Å². The van der Waals surface area contributed by atoms with Crippen molar-refractivity contribution in [2.75, 3.05) is 5.73 Å². The van der Waals surface area contributed by atoms with Crippen molar-refractivity contribution in [3.63, 3.8) is 0 Å². The quantitative estimate of drug-likeness (QED) is 0.640. The highest BCUT2D eigenvalue weighted by atomic mass is 35.5. The molecule has 0 saturated carbocycles. The van der Waals surface area contributed by atoms with Gasteiger partial charge in [0, 0.05) is 6.20 Å². The number of aromatic nitrogens is 2. The Kier molecular flexibility index (Phi) is 2.00. The first-order valence-electron chi connectivity index (χ1n) is 2.86. The number of anilines is 1. The van der Waals surface area contributed by atoms with Crippen LogP contribution in [-0.4, -0.2) is 15.7 Å². The van der Waals surface area contributed by atoms with Crippen LogP contribution in [0.4, 0.5) is 5.82 Å². The normalized spacial score (nSPS) is 9.91. The number of nitrogens with zero attached hydrogens (tertiary/aromatic N) is 2. The van der Waals surface area contributed by atoms with Crippen LogP contribution >= 0.6 is 11.6 Å². The average molecular weight is 175 g/mol. The first-order chi connectivity index (χ1) is 5.09. The topological polar surface area (TPSA) is 86.9 Å². The van der Waals surface area contributed by atoms with E-state index in [4.69, 9.17) is 23.1 Å². The van der Waals surface area contributed by atoms with E-state index in [-0.39, 0.29) is 12.4 Å². The molecule has 1 aromatic rings. The highest BCUT2D eigenvalue weighted by Crippen LogP contribution is 2.14. The van der Waals surface area contributed by atoms with E-state index in [1.807, 2.05) is 0 Å². The second-order valence-electron chi connectivity index (χ2n) is 2.03. The number of nitrogens with two attached hydrogens (primary N) is 2. The Balaban J connectivity index is 2.81. The van der Waals surface area contributed by atoms with E-state index >= 15 is 0 Å². The van der Waals surface area contributed by atoms with Gasteiger partial charge in [-0.15, -0.1) is 0 Å². The molecule has 0 atom stereocenters. The third-order valence-corrected chi connectivity index (χ3v) is 1.35. The molecule has 0 aliphatic heterocycles. The summed E-state index contributed by atoms with van der Waals surface area (Å²) in [5.41, 5.74) is 10.2. The van der Waals surface area contributed by atoms with Crippen LogP contribution < -0.4 is 11.5 Å². The summed E-state index contributed by atoms with van der Waals surface area (Å²) in [7, 11) is 0. The Labute approximate surface area is 67.9 Å². The van der Waals surface area contributed by atoms with Crippen molar-refractivity contribution in [2.45, 2.75) is 6.54 Å². The maximum Gasteiger partial charge on any atom is 0.239 e. The molecule has 1 heterocycles. The Morgan fingerprint density at radius 3 is 2.82 bits per heavy atom. The predicted molar refractivity (Wildman–Crippen MR) is 40.8 cm³/mol. The molecule has 0 radical (unpaired) electrons. The zero-order valence-electron chi connectivity index (χ0n) is 5.62. The summed E-state index contributed by atoms with van der Waals surface area (Å²) in [6.45, 7) is -0.00306. The maximum absolute atomic E-state index is 10.4.